The zero-order valence-electron chi connectivity index (χ0n) is 34.2. The Morgan fingerprint density at radius 2 is 1.71 bits per heavy atom. The van der Waals surface area contributed by atoms with Crippen molar-refractivity contribution in [2.75, 3.05) is 69.4 Å². The van der Waals surface area contributed by atoms with Gasteiger partial charge in [0.05, 0.1) is 49.0 Å². The standard InChI is InChI=1S/C40H42ClN11O11/c1-47-33-32(38(59)48(2)40(47)60)51(21-29-45-46-35(63-29)22-6-8-27(53)24(41)20-22)39(44-33)50-14-12-49(13-15-50)30(55)10-16-61-18-19-62-17-11-42-25-5-3-4-23-31(25)37(58)52(36(23)57)26-7-9-28(54)43-34(26)56/h3-6,8,20,26,42,53H,7,9-19,21H2,1-2H3,(H,43,54,56). The SMILES string of the molecule is Cn1c(=O)c2c(nc(N3CCN(C(=O)CCOCCOCCNc4cccc5c4C(=O)N(C4CCC(=O)NC4=O)C5=O)CC3)n2Cc2nnc(-c3ccc(O)c(Cl)c3)o2)n(C)c1=O. The first-order chi connectivity index (χ1) is 30.3. The number of nitrogens with one attached hydrogen (secondary N) is 2. The van der Waals surface area contributed by atoms with E-state index in [0.29, 0.717) is 49.9 Å². The van der Waals surface area contributed by atoms with Gasteiger partial charge in [-0.15, -0.1) is 10.2 Å². The number of ether oxygens (including phenoxy) is 2. The average Bonchev–Trinajstić information content (AvgIpc) is 3.97. The second kappa shape index (κ2) is 17.8. The average molecular weight is 888 g/mol. The van der Waals surface area contributed by atoms with Crippen molar-refractivity contribution >= 4 is 63.9 Å². The van der Waals surface area contributed by atoms with E-state index in [1.807, 2.05) is 4.90 Å². The first-order valence-corrected chi connectivity index (χ1v) is 20.4. The number of aromatic hydroxyl groups is 1. The number of rotatable bonds is 15. The van der Waals surface area contributed by atoms with E-state index in [2.05, 4.69) is 20.8 Å². The third-order valence-electron chi connectivity index (χ3n) is 11.1. The molecule has 330 valence electrons. The van der Waals surface area contributed by atoms with E-state index in [1.165, 1.54) is 36.9 Å². The number of imide groups is 2. The fourth-order valence-electron chi connectivity index (χ4n) is 7.75. The Morgan fingerprint density at radius 1 is 0.952 bits per heavy atom. The smallest absolute Gasteiger partial charge is 0.332 e. The molecule has 1 atom stereocenters. The van der Waals surface area contributed by atoms with Crippen molar-refractivity contribution in [1.82, 2.24) is 44.0 Å². The van der Waals surface area contributed by atoms with Gasteiger partial charge in [-0.05, 0) is 36.8 Å². The van der Waals surface area contributed by atoms with E-state index in [0.717, 1.165) is 9.47 Å². The Balaban J connectivity index is 0.799. The van der Waals surface area contributed by atoms with Crippen LogP contribution < -0.4 is 26.8 Å². The lowest BCUT2D eigenvalue weighted by atomic mass is 10.0. The molecule has 0 radical (unpaired) electrons. The maximum Gasteiger partial charge on any atom is 0.332 e. The molecule has 5 amide bonds. The molecule has 3 N–H and O–H groups in total. The molecule has 6 heterocycles. The predicted molar refractivity (Wildman–Crippen MR) is 222 cm³/mol. The maximum atomic E-state index is 13.5. The Bertz CT molecular complexity index is 2770. The molecule has 3 aromatic heterocycles. The zero-order chi connectivity index (χ0) is 44.5. The number of carbonyl (C=O) groups is 5. The number of phenols is 1. The Morgan fingerprint density at radius 3 is 2.46 bits per heavy atom. The summed E-state index contributed by atoms with van der Waals surface area (Å²) in [7, 11) is 2.91. The number of aromatic nitrogens is 6. The summed E-state index contributed by atoms with van der Waals surface area (Å²) < 4.78 is 21.1. The number of hydrogen-bond acceptors (Lipinski definition) is 16. The number of carbonyl (C=O) groups excluding carboxylic acids is 5. The molecule has 2 aromatic carbocycles. The van der Waals surface area contributed by atoms with Gasteiger partial charge in [-0.1, -0.05) is 17.7 Å². The number of piperidine rings is 1. The lowest BCUT2D eigenvalue weighted by molar-refractivity contribution is -0.136. The molecular weight excluding hydrogens is 846 g/mol. The first kappa shape index (κ1) is 42.8. The summed E-state index contributed by atoms with van der Waals surface area (Å²) in [5.41, 5.74) is 0.478. The normalized spacial score (nSPS) is 16.6. The summed E-state index contributed by atoms with van der Waals surface area (Å²) in [5.74, 6) is -1.84. The van der Waals surface area contributed by atoms with Gasteiger partial charge in [0.1, 0.15) is 18.3 Å². The third-order valence-corrected chi connectivity index (χ3v) is 11.4. The summed E-state index contributed by atoms with van der Waals surface area (Å²) in [6.45, 7) is 2.63. The number of anilines is 2. The molecule has 5 aromatic rings. The van der Waals surface area contributed by atoms with Gasteiger partial charge in [0.2, 0.25) is 35.5 Å². The number of hydrogen-bond donors (Lipinski definition) is 3. The van der Waals surface area contributed by atoms with Crippen molar-refractivity contribution in [2.45, 2.75) is 31.8 Å². The lowest BCUT2D eigenvalue weighted by Gasteiger charge is -2.35. The van der Waals surface area contributed by atoms with Crippen LogP contribution in [-0.2, 0) is 44.5 Å². The van der Waals surface area contributed by atoms with Gasteiger partial charge in [0, 0.05) is 64.5 Å². The van der Waals surface area contributed by atoms with Gasteiger partial charge in [0.25, 0.3) is 17.4 Å². The number of benzene rings is 2. The topological polar surface area (TPSA) is 259 Å². The fraction of sp³-hybridized carbons (Fsp3) is 0.400. The monoisotopic (exact) mass is 887 g/mol. The highest BCUT2D eigenvalue weighted by molar-refractivity contribution is 6.32. The van der Waals surface area contributed by atoms with Crippen molar-refractivity contribution in [1.29, 1.82) is 0 Å². The second-order valence-electron chi connectivity index (χ2n) is 15.0. The number of piperazine rings is 1. The molecule has 0 spiro atoms. The number of aryl methyl sites for hydroxylation is 1. The van der Waals surface area contributed by atoms with Crippen LogP contribution in [0.15, 0.2) is 50.4 Å². The minimum atomic E-state index is -1.06. The second-order valence-corrected chi connectivity index (χ2v) is 15.4. The fourth-order valence-corrected chi connectivity index (χ4v) is 7.93. The van der Waals surface area contributed by atoms with Crippen LogP contribution in [0.3, 0.4) is 0 Å². The summed E-state index contributed by atoms with van der Waals surface area (Å²) in [5, 5.41) is 23.5. The predicted octanol–water partition coefficient (Wildman–Crippen LogP) is 0.476. The number of imidazole rings is 1. The van der Waals surface area contributed by atoms with Gasteiger partial charge in [0.15, 0.2) is 11.2 Å². The summed E-state index contributed by atoms with van der Waals surface area (Å²) in [6.07, 6.45) is 0.243. The molecule has 1 unspecified atom stereocenters. The van der Waals surface area contributed by atoms with Crippen LogP contribution in [0.2, 0.25) is 5.02 Å². The molecule has 3 aliphatic heterocycles. The van der Waals surface area contributed by atoms with Crippen LogP contribution in [-0.4, -0.2) is 139 Å². The quantitative estimate of drug-likeness (QED) is 0.0954. The van der Waals surface area contributed by atoms with Crippen LogP contribution in [0.1, 0.15) is 45.9 Å². The lowest BCUT2D eigenvalue weighted by Crippen LogP contribution is -2.54. The number of fused-ring (bicyclic) bond motifs is 2. The van der Waals surface area contributed by atoms with Gasteiger partial charge in [-0.2, -0.15) is 4.98 Å². The Kier molecular flexibility index (Phi) is 12.1. The first-order valence-electron chi connectivity index (χ1n) is 20.1. The van der Waals surface area contributed by atoms with Gasteiger partial charge >= 0.3 is 5.69 Å². The zero-order valence-corrected chi connectivity index (χ0v) is 34.9. The molecule has 2 fully saturated rings. The molecule has 8 rings (SSSR count). The summed E-state index contributed by atoms with van der Waals surface area (Å²) >= 11 is 6.07. The maximum absolute atomic E-state index is 13.5. The minimum absolute atomic E-state index is 0.0320. The molecule has 63 heavy (non-hydrogen) atoms. The molecule has 22 nitrogen and oxygen atoms in total. The van der Waals surface area contributed by atoms with Crippen molar-refractivity contribution in [3.63, 3.8) is 0 Å². The number of phenolic OH excluding ortho intramolecular Hbond substituents is 1. The molecule has 0 bridgehead atoms. The number of nitrogens with zero attached hydrogens (tertiary/aromatic N) is 9. The van der Waals surface area contributed by atoms with Crippen LogP contribution in [0.4, 0.5) is 11.6 Å². The number of halogens is 1. The van der Waals surface area contributed by atoms with E-state index in [1.54, 1.807) is 27.7 Å². The van der Waals surface area contributed by atoms with Crippen molar-refractivity contribution in [2.24, 2.45) is 14.1 Å². The molecule has 2 saturated heterocycles. The molecule has 0 aliphatic carbocycles. The van der Waals surface area contributed by atoms with E-state index < -0.39 is 40.9 Å². The molecule has 0 saturated carbocycles. The third kappa shape index (κ3) is 8.38. The highest BCUT2D eigenvalue weighted by atomic mass is 35.5. The highest BCUT2D eigenvalue weighted by Gasteiger charge is 2.45. The Hall–Kier alpha value is -6.91. The largest absolute Gasteiger partial charge is 0.506 e. The summed E-state index contributed by atoms with van der Waals surface area (Å²) in [6, 6.07) is 8.23. The van der Waals surface area contributed by atoms with Crippen molar-refractivity contribution < 1.29 is 43.0 Å². The van der Waals surface area contributed by atoms with E-state index in [-0.39, 0.29) is 103 Å². The summed E-state index contributed by atoms with van der Waals surface area (Å²) in [4.78, 5) is 99.1. The van der Waals surface area contributed by atoms with Crippen LogP contribution in [0.25, 0.3) is 22.6 Å². The van der Waals surface area contributed by atoms with E-state index >= 15 is 0 Å². The van der Waals surface area contributed by atoms with Crippen molar-refractivity contribution in [3.05, 3.63) is 79.3 Å². The minimum Gasteiger partial charge on any atom is -0.506 e. The molecular formula is C40H42ClN11O11. The highest BCUT2D eigenvalue weighted by Crippen LogP contribution is 2.33. The van der Waals surface area contributed by atoms with Gasteiger partial charge < -0.3 is 34.1 Å². The van der Waals surface area contributed by atoms with Crippen LogP contribution in [0.5, 0.6) is 5.75 Å². The van der Waals surface area contributed by atoms with Gasteiger partial charge in [-0.25, -0.2) is 4.79 Å². The molecule has 23 heteroatoms. The van der Waals surface area contributed by atoms with Crippen LogP contribution in [0, 0.1) is 0 Å². The Labute approximate surface area is 361 Å². The molecule has 3 aliphatic rings. The van der Waals surface area contributed by atoms with E-state index in [4.69, 9.17) is 30.5 Å². The van der Waals surface area contributed by atoms with E-state index in [9.17, 15) is 38.7 Å². The van der Waals surface area contributed by atoms with Gasteiger partial charge in [-0.3, -0.25) is 52.7 Å². The van der Waals surface area contributed by atoms with Crippen LogP contribution >= 0.6 is 11.6 Å². The van der Waals surface area contributed by atoms with Crippen molar-refractivity contribution in [3.8, 4) is 17.2 Å². The number of amides is 5.